The van der Waals surface area contributed by atoms with Gasteiger partial charge in [-0.15, -0.1) is 0 Å². The molecule has 0 bridgehead atoms. The van der Waals surface area contributed by atoms with Crippen molar-refractivity contribution in [2.45, 2.75) is 84.7 Å². The molecule has 4 rings (SSSR count). The summed E-state index contributed by atoms with van der Waals surface area (Å²) in [4.78, 5) is 36.5. The van der Waals surface area contributed by atoms with Gasteiger partial charge in [-0.3, -0.25) is 14.6 Å². The Kier molecular flexibility index (Phi) is 12.7. The molecule has 8 heteroatoms. The third kappa shape index (κ3) is 9.41. The van der Waals surface area contributed by atoms with E-state index in [1.165, 1.54) is 0 Å². The summed E-state index contributed by atoms with van der Waals surface area (Å²) >= 11 is 6.15. The van der Waals surface area contributed by atoms with E-state index in [0.29, 0.717) is 24.4 Å². The highest BCUT2D eigenvalue weighted by molar-refractivity contribution is 6.31. The molecule has 43 heavy (non-hydrogen) atoms. The second-order valence-electron chi connectivity index (χ2n) is 11.6. The summed E-state index contributed by atoms with van der Waals surface area (Å²) < 4.78 is 0. The number of fused-ring (bicyclic) bond motifs is 1. The summed E-state index contributed by atoms with van der Waals surface area (Å²) in [6.07, 6.45) is 9.09. The molecule has 0 saturated carbocycles. The number of nitrogens with zero attached hydrogens (tertiary/aromatic N) is 4. The van der Waals surface area contributed by atoms with Crippen LogP contribution in [0.3, 0.4) is 0 Å². The standard InChI is InChI=1S/C35H48ClN5O2/c1-4-10-35(43)41(30-19-23-39(24-20-30)22-9-7-8-11-34(42)40(5-2)6-3)26-27-12-15-29(16-13-27)38-32-18-21-37-33-25-28(36)14-17-31(32)33/h12-18,21,25,30H,4-11,19-20,22-24,26H2,1-3H3,(H,37,38). The number of amides is 2. The average molecular weight is 606 g/mol. The number of unbranched alkanes of at least 4 members (excludes halogenated alkanes) is 2. The van der Waals surface area contributed by atoms with Gasteiger partial charge in [-0.25, -0.2) is 0 Å². The van der Waals surface area contributed by atoms with Crippen molar-refractivity contribution in [1.29, 1.82) is 0 Å². The fraction of sp³-hybridized carbons (Fsp3) is 0.514. The van der Waals surface area contributed by atoms with Crippen LogP contribution in [0.4, 0.5) is 11.4 Å². The molecular weight excluding hydrogens is 558 g/mol. The lowest BCUT2D eigenvalue weighted by Crippen LogP contribution is -2.47. The molecule has 0 unspecified atom stereocenters. The molecular formula is C35H48ClN5O2. The van der Waals surface area contributed by atoms with Crippen molar-refractivity contribution in [3.8, 4) is 0 Å². The molecule has 0 aliphatic carbocycles. The fourth-order valence-electron chi connectivity index (χ4n) is 6.03. The van der Waals surface area contributed by atoms with Crippen molar-refractivity contribution in [2.75, 3.05) is 38.0 Å². The lowest BCUT2D eigenvalue weighted by atomic mass is 10.0. The molecule has 1 fully saturated rings. The van der Waals surface area contributed by atoms with Gasteiger partial charge in [-0.2, -0.15) is 0 Å². The van der Waals surface area contributed by atoms with Gasteiger partial charge >= 0.3 is 0 Å². The maximum absolute atomic E-state index is 13.2. The molecule has 232 valence electrons. The van der Waals surface area contributed by atoms with Crippen LogP contribution in [0.15, 0.2) is 54.7 Å². The Morgan fingerprint density at radius 3 is 2.37 bits per heavy atom. The molecule has 3 aromatic rings. The predicted molar refractivity (Wildman–Crippen MR) is 178 cm³/mol. The first-order valence-corrected chi connectivity index (χ1v) is 16.5. The molecule has 2 heterocycles. The molecule has 0 radical (unpaired) electrons. The van der Waals surface area contributed by atoms with Gasteiger partial charge in [0.15, 0.2) is 0 Å². The number of piperidine rings is 1. The van der Waals surface area contributed by atoms with Crippen molar-refractivity contribution in [2.24, 2.45) is 0 Å². The Balaban J connectivity index is 1.28. The van der Waals surface area contributed by atoms with E-state index < -0.39 is 0 Å². The molecule has 1 aliphatic heterocycles. The minimum Gasteiger partial charge on any atom is -0.355 e. The quantitative estimate of drug-likeness (QED) is 0.180. The van der Waals surface area contributed by atoms with Gasteiger partial charge in [0.05, 0.1) is 5.52 Å². The van der Waals surface area contributed by atoms with Gasteiger partial charge in [-0.05, 0) is 94.5 Å². The van der Waals surface area contributed by atoms with Gasteiger partial charge in [0.1, 0.15) is 0 Å². The fourth-order valence-corrected chi connectivity index (χ4v) is 6.20. The summed E-state index contributed by atoms with van der Waals surface area (Å²) in [5.74, 6) is 0.532. The molecule has 0 spiro atoms. The Labute approximate surface area is 262 Å². The molecule has 1 aromatic heterocycles. The number of hydrogen-bond acceptors (Lipinski definition) is 5. The first kappa shape index (κ1) is 32.7. The van der Waals surface area contributed by atoms with E-state index >= 15 is 0 Å². The number of carbonyl (C=O) groups is 2. The summed E-state index contributed by atoms with van der Waals surface area (Å²) in [5, 5.41) is 5.20. The van der Waals surface area contributed by atoms with Crippen LogP contribution in [0, 0.1) is 0 Å². The van der Waals surface area contributed by atoms with Crippen molar-refractivity contribution >= 4 is 45.7 Å². The van der Waals surface area contributed by atoms with Crippen molar-refractivity contribution in [3.63, 3.8) is 0 Å². The highest BCUT2D eigenvalue weighted by Crippen LogP contribution is 2.28. The number of hydrogen-bond donors (Lipinski definition) is 1. The lowest BCUT2D eigenvalue weighted by Gasteiger charge is -2.39. The maximum Gasteiger partial charge on any atom is 0.223 e. The third-order valence-corrected chi connectivity index (χ3v) is 8.79. The van der Waals surface area contributed by atoms with E-state index in [0.717, 1.165) is 99.1 Å². The average Bonchev–Trinajstić information content (AvgIpc) is 3.01. The van der Waals surface area contributed by atoms with Gasteiger partial charge in [0, 0.05) is 79.6 Å². The van der Waals surface area contributed by atoms with Crippen LogP contribution in [0.25, 0.3) is 10.9 Å². The number of halogens is 1. The van der Waals surface area contributed by atoms with Crippen molar-refractivity contribution < 1.29 is 9.59 Å². The Bertz CT molecular complexity index is 1320. The zero-order valence-corrected chi connectivity index (χ0v) is 26.9. The summed E-state index contributed by atoms with van der Waals surface area (Å²) in [6.45, 7) is 11.5. The Morgan fingerprint density at radius 2 is 1.67 bits per heavy atom. The molecule has 1 aliphatic rings. The Hall–Kier alpha value is -3.16. The van der Waals surface area contributed by atoms with E-state index in [1.54, 1.807) is 6.20 Å². The number of rotatable bonds is 15. The first-order valence-electron chi connectivity index (χ1n) is 16.1. The topological polar surface area (TPSA) is 68.8 Å². The highest BCUT2D eigenvalue weighted by Gasteiger charge is 2.27. The summed E-state index contributed by atoms with van der Waals surface area (Å²) in [5.41, 5.74) is 3.97. The maximum atomic E-state index is 13.2. The number of likely N-dealkylation sites (tertiary alicyclic amines) is 1. The van der Waals surface area contributed by atoms with Crippen LogP contribution < -0.4 is 5.32 Å². The largest absolute Gasteiger partial charge is 0.355 e. The molecule has 1 N–H and O–H groups in total. The van der Waals surface area contributed by atoms with Crippen LogP contribution >= 0.6 is 11.6 Å². The first-order chi connectivity index (χ1) is 20.9. The van der Waals surface area contributed by atoms with Gasteiger partial charge in [-0.1, -0.05) is 37.1 Å². The van der Waals surface area contributed by atoms with E-state index in [9.17, 15) is 9.59 Å². The van der Waals surface area contributed by atoms with Crippen molar-refractivity contribution in [1.82, 2.24) is 19.7 Å². The number of carbonyl (C=O) groups excluding carboxylic acids is 2. The zero-order chi connectivity index (χ0) is 30.6. The predicted octanol–water partition coefficient (Wildman–Crippen LogP) is 7.65. The number of aromatic nitrogens is 1. The van der Waals surface area contributed by atoms with Gasteiger partial charge < -0.3 is 20.0 Å². The number of nitrogens with one attached hydrogen (secondary N) is 1. The third-order valence-electron chi connectivity index (χ3n) is 8.55. The SMILES string of the molecule is CCCC(=O)N(Cc1ccc(Nc2ccnc3cc(Cl)ccc23)cc1)C1CCN(CCCCCC(=O)N(CC)CC)CC1. The van der Waals surface area contributed by atoms with E-state index in [4.69, 9.17) is 11.6 Å². The zero-order valence-electron chi connectivity index (χ0n) is 26.2. The molecule has 7 nitrogen and oxygen atoms in total. The van der Waals surface area contributed by atoms with E-state index in [-0.39, 0.29) is 17.9 Å². The Morgan fingerprint density at radius 1 is 0.930 bits per heavy atom. The molecule has 0 atom stereocenters. The number of anilines is 2. The number of pyridine rings is 1. The lowest BCUT2D eigenvalue weighted by molar-refractivity contribution is -0.135. The van der Waals surface area contributed by atoms with Crippen LogP contribution in [-0.4, -0.2) is 70.3 Å². The summed E-state index contributed by atoms with van der Waals surface area (Å²) in [7, 11) is 0. The van der Waals surface area contributed by atoms with Gasteiger partial charge in [0.25, 0.3) is 0 Å². The minimum absolute atomic E-state index is 0.253. The molecule has 2 aromatic carbocycles. The number of benzene rings is 2. The van der Waals surface area contributed by atoms with Crippen LogP contribution in [-0.2, 0) is 16.1 Å². The normalized spacial score (nSPS) is 14.1. The van der Waals surface area contributed by atoms with Gasteiger partial charge in [0.2, 0.25) is 11.8 Å². The molecule has 1 saturated heterocycles. The minimum atomic E-state index is 0.253. The molecule has 2 amide bonds. The smallest absolute Gasteiger partial charge is 0.223 e. The van der Waals surface area contributed by atoms with E-state index in [2.05, 4.69) is 51.3 Å². The van der Waals surface area contributed by atoms with Crippen LogP contribution in [0.5, 0.6) is 0 Å². The van der Waals surface area contributed by atoms with Crippen LogP contribution in [0.1, 0.15) is 77.7 Å². The summed E-state index contributed by atoms with van der Waals surface area (Å²) in [6, 6.07) is 16.4. The van der Waals surface area contributed by atoms with Crippen LogP contribution in [0.2, 0.25) is 5.02 Å². The second-order valence-corrected chi connectivity index (χ2v) is 12.0. The second kappa shape index (κ2) is 16.6. The van der Waals surface area contributed by atoms with E-state index in [1.807, 2.05) is 43.0 Å². The van der Waals surface area contributed by atoms with Crippen molar-refractivity contribution in [3.05, 3.63) is 65.3 Å². The monoisotopic (exact) mass is 605 g/mol. The highest BCUT2D eigenvalue weighted by atomic mass is 35.5.